The lowest BCUT2D eigenvalue weighted by atomic mass is 9.89. The summed E-state index contributed by atoms with van der Waals surface area (Å²) < 4.78 is 4.79. The number of ether oxygens (including phenoxy) is 1. The van der Waals surface area contributed by atoms with Gasteiger partial charge in [0.1, 0.15) is 5.82 Å². The molecule has 146 valence electrons. The minimum Gasteiger partial charge on any atom is -0.469 e. The standard InChI is InChI=1S/C19H20ClN5O3/c1-28-17(26)7-12-3-2-11-6-15(20)18-13(8-23-24-18)14(11)9-25(19(12)27)10-16-21-4-5-22-16/h4-6,8,12H,2-3,7,9-10H2,1H3,(H,21,22)(H,23,24)/t12-/m0/s1. The summed E-state index contributed by atoms with van der Waals surface area (Å²) in [5.41, 5.74) is 2.84. The third-order valence-electron chi connectivity index (χ3n) is 5.20. The van der Waals surface area contributed by atoms with Crippen molar-refractivity contribution in [2.45, 2.75) is 32.4 Å². The number of aromatic amines is 2. The Morgan fingerprint density at radius 1 is 1.46 bits per heavy atom. The zero-order valence-corrected chi connectivity index (χ0v) is 16.1. The van der Waals surface area contributed by atoms with Crippen LogP contribution in [0.25, 0.3) is 10.9 Å². The van der Waals surface area contributed by atoms with E-state index in [2.05, 4.69) is 20.2 Å². The fourth-order valence-corrected chi connectivity index (χ4v) is 4.02. The molecule has 0 radical (unpaired) electrons. The van der Waals surface area contributed by atoms with Gasteiger partial charge in [0.25, 0.3) is 0 Å². The summed E-state index contributed by atoms with van der Waals surface area (Å²) >= 11 is 6.41. The van der Waals surface area contributed by atoms with Crippen molar-refractivity contribution in [2.24, 2.45) is 5.92 Å². The van der Waals surface area contributed by atoms with Crippen LogP contribution in [-0.4, -0.2) is 44.1 Å². The fourth-order valence-electron chi connectivity index (χ4n) is 3.75. The summed E-state index contributed by atoms with van der Waals surface area (Å²) in [6.45, 7) is 0.713. The van der Waals surface area contributed by atoms with Crippen molar-refractivity contribution < 1.29 is 14.3 Å². The summed E-state index contributed by atoms with van der Waals surface area (Å²) in [6, 6.07) is 1.92. The highest BCUT2D eigenvalue weighted by molar-refractivity contribution is 6.35. The monoisotopic (exact) mass is 401 g/mol. The number of halogens is 1. The Labute approximate surface area is 166 Å². The molecule has 0 bridgehead atoms. The molecule has 0 unspecified atom stereocenters. The molecule has 3 aromatic rings. The minimum absolute atomic E-state index is 0.0566. The number of carbonyl (C=O) groups excluding carboxylic acids is 2. The first-order chi connectivity index (χ1) is 13.6. The van der Waals surface area contributed by atoms with Crippen LogP contribution in [0.15, 0.2) is 24.7 Å². The van der Waals surface area contributed by atoms with E-state index in [1.54, 1.807) is 23.5 Å². The van der Waals surface area contributed by atoms with Crippen molar-refractivity contribution in [3.05, 3.63) is 46.6 Å². The topological polar surface area (TPSA) is 104 Å². The summed E-state index contributed by atoms with van der Waals surface area (Å²) in [7, 11) is 1.33. The Kier molecular flexibility index (Phi) is 5.04. The van der Waals surface area contributed by atoms with E-state index in [1.165, 1.54) is 7.11 Å². The zero-order valence-electron chi connectivity index (χ0n) is 15.4. The second-order valence-corrected chi connectivity index (χ2v) is 7.31. The van der Waals surface area contributed by atoms with Crippen LogP contribution in [0.5, 0.6) is 0 Å². The Morgan fingerprint density at radius 2 is 2.32 bits per heavy atom. The van der Waals surface area contributed by atoms with Crippen molar-refractivity contribution in [2.75, 3.05) is 7.11 Å². The van der Waals surface area contributed by atoms with E-state index >= 15 is 0 Å². The molecule has 4 rings (SSSR count). The number of amides is 1. The van der Waals surface area contributed by atoms with Gasteiger partial charge in [0.2, 0.25) is 5.91 Å². The predicted octanol–water partition coefficient (Wildman–Crippen LogP) is 2.59. The number of rotatable bonds is 4. The summed E-state index contributed by atoms with van der Waals surface area (Å²) in [5.74, 6) is -0.237. The Bertz CT molecular complexity index is 1010. The molecule has 0 spiro atoms. The molecule has 8 nitrogen and oxygen atoms in total. The second-order valence-electron chi connectivity index (χ2n) is 6.90. The molecule has 3 heterocycles. The Morgan fingerprint density at radius 3 is 3.07 bits per heavy atom. The van der Waals surface area contributed by atoms with Gasteiger partial charge < -0.3 is 14.6 Å². The molecule has 1 aliphatic heterocycles. The van der Waals surface area contributed by atoms with Crippen molar-refractivity contribution in [3.8, 4) is 0 Å². The van der Waals surface area contributed by atoms with Crippen LogP contribution in [0.3, 0.4) is 0 Å². The number of imidazole rings is 1. The highest BCUT2D eigenvalue weighted by atomic mass is 35.5. The minimum atomic E-state index is -0.450. The highest BCUT2D eigenvalue weighted by Crippen LogP contribution is 2.33. The summed E-state index contributed by atoms with van der Waals surface area (Å²) in [5, 5.41) is 8.55. The molecule has 0 saturated heterocycles. The number of fused-ring (bicyclic) bond motifs is 3. The fraction of sp³-hybridized carbons (Fsp3) is 0.368. The number of aryl methyl sites for hydroxylation is 1. The van der Waals surface area contributed by atoms with Gasteiger partial charge in [-0.15, -0.1) is 0 Å². The molecule has 1 atom stereocenters. The third kappa shape index (κ3) is 3.47. The number of hydrogen-bond acceptors (Lipinski definition) is 5. The van der Waals surface area contributed by atoms with Crippen LogP contribution in [0, 0.1) is 5.92 Å². The molecular weight excluding hydrogens is 382 g/mol. The number of nitrogens with zero attached hydrogens (tertiary/aromatic N) is 3. The van der Waals surface area contributed by atoms with Gasteiger partial charge in [-0.1, -0.05) is 11.6 Å². The molecule has 1 aliphatic rings. The van der Waals surface area contributed by atoms with Gasteiger partial charge in [-0.3, -0.25) is 14.7 Å². The summed E-state index contributed by atoms with van der Waals surface area (Å²) in [6.07, 6.45) is 6.35. The number of carbonyl (C=O) groups is 2. The second kappa shape index (κ2) is 7.63. The molecule has 1 aromatic carbocycles. The van der Waals surface area contributed by atoms with E-state index < -0.39 is 5.92 Å². The van der Waals surface area contributed by atoms with Gasteiger partial charge in [0, 0.05) is 30.2 Å². The molecule has 2 aromatic heterocycles. The van der Waals surface area contributed by atoms with Gasteiger partial charge in [0.05, 0.1) is 36.8 Å². The first kappa shape index (κ1) is 18.5. The Hall–Kier alpha value is -2.87. The number of hydrogen-bond donors (Lipinski definition) is 2. The van der Waals surface area contributed by atoms with Crippen molar-refractivity contribution >= 4 is 34.4 Å². The van der Waals surface area contributed by atoms with E-state index in [0.29, 0.717) is 36.8 Å². The molecule has 0 aliphatic carbocycles. The van der Waals surface area contributed by atoms with Crippen LogP contribution >= 0.6 is 11.6 Å². The smallest absolute Gasteiger partial charge is 0.306 e. The van der Waals surface area contributed by atoms with Crippen molar-refractivity contribution in [1.29, 1.82) is 0 Å². The average Bonchev–Trinajstić information content (AvgIpc) is 3.37. The van der Waals surface area contributed by atoms with E-state index in [4.69, 9.17) is 16.3 Å². The largest absolute Gasteiger partial charge is 0.469 e. The molecule has 2 N–H and O–H groups in total. The molecule has 9 heteroatoms. The lowest BCUT2D eigenvalue weighted by molar-refractivity contribution is -0.147. The van der Waals surface area contributed by atoms with Crippen LogP contribution in [0.1, 0.15) is 29.8 Å². The maximum absolute atomic E-state index is 13.3. The van der Waals surface area contributed by atoms with Gasteiger partial charge in [-0.2, -0.15) is 5.10 Å². The summed E-state index contributed by atoms with van der Waals surface area (Å²) in [4.78, 5) is 34.1. The predicted molar refractivity (Wildman–Crippen MR) is 102 cm³/mol. The van der Waals surface area contributed by atoms with Crippen LogP contribution < -0.4 is 0 Å². The maximum atomic E-state index is 13.3. The van der Waals surface area contributed by atoms with Crippen LogP contribution in [0.2, 0.25) is 5.02 Å². The molecule has 0 fully saturated rings. The maximum Gasteiger partial charge on any atom is 0.306 e. The number of esters is 1. The number of benzene rings is 1. The molecular formula is C19H20ClN5O3. The third-order valence-corrected chi connectivity index (χ3v) is 5.50. The van der Waals surface area contributed by atoms with Crippen LogP contribution in [-0.2, 0) is 33.8 Å². The number of nitrogens with one attached hydrogen (secondary N) is 2. The van der Waals surface area contributed by atoms with E-state index in [9.17, 15) is 9.59 Å². The lowest BCUT2D eigenvalue weighted by Crippen LogP contribution is -2.38. The zero-order chi connectivity index (χ0) is 19.7. The van der Waals surface area contributed by atoms with Gasteiger partial charge in [-0.05, 0) is 30.0 Å². The highest BCUT2D eigenvalue weighted by Gasteiger charge is 2.31. The number of H-pyrrole nitrogens is 2. The van der Waals surface area contributed by atoms with Gasteiger partial charge in [0.15, 0.2) is 0 Å². The van der Waals surface area contributed by atoms with Gasteiger partial charge in [-0.25, -0.2) is 4.98 Å². The average molecular weight is 402 g/mol. The van der Waals surface area contributed by atoms with Crippen molar-refractivity contribution in [3.63, 3.8) is 0 Å². The van der Waals surface area contributed by atoms with Gasteiger partial charge >= 0.3 is 5.97 Å². The normalized spacial score (nSPS) is 17.3. The van der Waals surface area contributed by atoms with E-state index in [0.717, 1.165) is 22.0 Å². The first-order valence-corrected chi connectivity index (χ1v) is 9.41. The Balaban J connectivity index is 1.75. The van der Waals surface area contributed by atoms with Crippen LogP contribution in [0.4, 0.5) is 0 Å². The van der Waals surface area contributed by atoms with E-state index in [1.807, 2.05) is 6.07 Å². The first-order valence-electron chi connectivity index (χ1n) is 9.04. The van der Waals surface area contributed by atoms with E-state index in [-0.39, 0.29) is 18.3 Å². The molecule has 1 amide bonds. The number of aromatic nitrogens is 4. The lowest BCUT2D eigenvalue weighted by Gasteiger charge is -2.30. The quantitative estimate of drug-likeness (QED) is 0.654. The molecule has 28 heavy (non-hydrogen) atoms. The van der Waals surface area contributed by atoms with Crippen molar-refractivity contribution in [1.82, 2.24) is 25.1 Å². The SMILES string of the molecule is COC(=O)C[C@@H]1CCc2cc(Cl)c3[nH]ncc3c2CN(Cc2ncc[nH]2)C1=O. The number of methoxy groups -OCH3 is 1. The molecule has 0 saturated carbocycles.